The van der Waals surface area contributed by atoms with Crippen LogP contribution in [0.5, 0.6) is 11.5 Å². The summed E-state index contributed by atoms with van der Waals surface area (Å²) in [5.41, 5.74) is 14.3. The third-order valence-corrected chi connectivity index (χ3v) is 6.17. The summed E-state index contributed by atoms with van der Waals surface area (Å²) in [5, 5.41) is 4.64. The molecule has 33 heavy (non-hydrogen) atoms. The van der Waals surface area contributed by atoms with E-state index in [0.29, 0.717) is 18.0 Å². The van der Waals surface area contributed by atoms with E-state index in [1.165, 1.54) is 0 Å². The van der Waals surface area contributed by atoms with Crippen LogP contribution in [-0.4, -0.2) is 26.9 Å². The fourth-order valence-electron chi connectivity index (χ4n) is 4.55. The molecular formula is C26H27N5O2. The van der Waals surface area contributed by atoms with Crippen molar-refractivity contribution < 1.29 is 9.47 Å². The highest BCUT2D eigenvalue weighted by atomic mass is 16.5. The Bertz CT molecular complexity index is 1340. The van der Waals surface area contributed by atoms with Gasteiger partial charge in [0.25, 0.3) is 0 Å². The predicted molar refractivity (Wildman–Crippen MR) is 128 cm³/mol. The largest absolute Gasteiger partial charge is 0.496 e. The van der Waals surface area contributed by atoms with E-state index in [0.717, 1.165) is 57.1 Å². The number of hydrogen-bond donors (Lipinski definition) is 1. The lowest BCUT2D eigenvalue weighted by molar-refractivity contribution is 0.228. The van der Waals surface area contributed by atoms with Crippen molar-refractivity contribution in [2.75, 3.05) is 12.8 Å². The summed E-state index contributed by atoms with van der Waals surface area (Å²) in [6, 6.07) is 10.2. The fourth-order valence-corrected chi connectivity index (χ4v) is 4.55. The van der Waals surface area contributed by atoms with E-state index in [2.05, 4.69) is 42.1 Å². The van der Waals surface area contributed by atoms with Crippen LogP contribution in [0.25, 0.3) is 22.5 Å². The van der Waals surface area contributed by atoms with Crippen molar-refractivity contribution in [1.29, 1.82) is 0 Å². The van der Waals surface area contributed by atoms with Gasteiger partial charge in [0.1, 0.15) is 11.9 Å². The third kappa shape index (κ3) is 3.59. The fraction of sp³-hybridized carbons (Fsp3) is 0.269. The van der Waals surface area contributed by atoms with Gasteiger partial charge in [-0.25, -0.2) is 4.98 Å². The number of benzene rings is 1. The average Bonchev–Trinajstić information content (AvgIpc) is 3.22. The van der Waals surface area contributed by atoms with Gasteiger partial charge in [-0.3, -0.25) is 9.67 Å². The topological polar surface area (TPSA) is 88.1 Å². The van der Waals surface area contributed by atoms with Gasteiger partial charge in [-0.15, -0.1) is 0 Å². The van der Waals surface area contributed by atoms with Crippen molar-refractivity contribution in [2.45, 2.75) is 39.8 Å². The Balaban J connectivity index is 1.85. The third-order valence-electron chi connectivity index (χ3n) is 6.17. The molecule has 168 valence electrons. The normalized spacial score (nSPS) is 14.7. The number of methoxy groups -OCH3 is 1. The van der Waals surface area contributed by atoms with Crippen molar-refractivity contribution in [3.8, 4) is 34.0 Å². The Hall–Kier alpha value is -3.87. The second kappa shape index (κ2) is 8.24. The van der Waals surface area contributed by atoms with Gasteiger partial charge in [0.2, 0.25) is 0 Å². The standard InChI is InChI=1S/C26H27N5O2/c1-5-31-25-17(14-30-31)11-21-22(32-4)8-9-28-24(21)19-7-6-15(2)10-20(19)16(3)33-23-12-18(25)13-29-26(23)27/h6-10,12-14,16H,5,11H2,1-4H3,(H2,27,29). The Morgan fingerprint density at radius 2 is 2.03 bits per heavy atom. The Kier molecular flexibility index (Phi) is 5.24. The van der Waals surface area contributed by atoms with Crippen LogP contribution >= 0.6 is 0 Å². The summed E-state index contributed by atoms with van der Waals surface area (Å²) in [6.07, 6.45) is 5.83. The zero-order valence-corrected chi connectivity index (χ0v) is 19.3. The molecule has 1 unspecified atom stereocenters. The molecule has 2 N–H and O–H groups in total. The number of aromatic nitrogens is 4. The quantitative estimate of drug-likeness (QED) is 0.472. The Labute approximate surface area is 193 Å². The first-order chi connectivity index (χ1) is 16.0. The summed E-state index contributed by atoms with van der Waals surface area (Å²) >= 11 is 0. The SMILES string of the molecule is CCn1ncc2c1-c1cnc(N)c(c1)OC(C)c1cc(C)ccc1-c1nccc(OC)c1C2. The van der Waals surface area contributed by atoms with Gasteiger partial charge < -0.3 is 15.2 Å². The minimum atomic E-state index is -0.268. The van der Waals surface area contributed by atoms with Crippen LogP contribution in [0.4, 0.5) is 5.82 Å². The minimum absolute atomic E-state index is 0.268. The van der Waals surface area contributed by atoms with E-state index < -0.39 is 0 Å². The summed E-state index contributed by atoms with van der Waals surface area (Å²) in [4.78, 5) is 9.25. The molecule has 1 atom stereocenters. The van der Waals surface area contributed by atoms with Crippen LogP contribution < -0.4 is 15.2 Å². The van der Waals surface area contributed by atoms with E-state index in [1.807, 2.05) is 29.9 Å². The molecule has 1 aromatic carbocycles. The maximum Gasteiger partial charge on any atom is 0.166 e. The van der Waals surface area contributed by atoms with Gasteiger partial charge in [0, 0.05) is 53.2 Å². The molecule has 0 amide bonds. The van der Waals surface area contributed by atoms with Crippen LogP contribution in [0.3, 0.4) is 0 Å². The lowest BCUT2D eigenvalue weighted by Crippen LogP contribution is -2.10. The van der Waals surface area contributed by atoms with Crippen LogP contribution in [-0.2, 0) is 13.0 Å². The lowest BCUT2D eigenvalue weighted by Gasteiger charge is -2.23. The number of nitrogens with two attached hydrogens (primary N) is 1. The molecule has 0 saturated carbocycles. The van der Waals surface area contributed by atoms with Crippen molar-refractivity contribution in [3.63, 3.8) is 0 Å². The van der Waals surface area contributed by atoms with Crippen molar-refractivity contribution >= 4 is 5.82 Å². The highest BCUT2D eigenvalue weighted by Crippen LogP contribution is 2.40. The van der Waals surface area contributed by atoms with Crippen LogP contribution in [0.15, 0.2) is 48.9 Å². The van der Waals surface area contributed by atoms with Gasteiger partial charge in [0.05, 0.1) is 24.7 Å². The van der Waals surface area contributed by atoms with Gasteiger partial charge in [-0.05, 0) is 32.9 Å². The second-order valence-electron chi connectivity index (χ2n) is 8.31. The van der Waals surface area contributed by atoms with E-state index >= 15 is 0 Å². The number of anilines is 1. The molecule has 3 aromatic heterocycles. The first kappa shape index (κ1) is 21.0. The first-order valence-electron chi connectivity index (χ1n) is 11.1. The minimum Gasteiger partial charge on any atom is -0.496 e. The highest BCUT2D eigenvalue weighted by Gasteiger charge is 2.24. The van der Waals surface area contributed by atoms with Crippen LogP contribution in [0, 0.1) is 6.92 Å². The lowest BCUT2D eigenvalue weighted by atomic mass is 9.92. The Morgan fingerprint density at radius 3 is 2.82 bits per heavy atom. The second-order valence-corrected chi connectivity index (χ2v) is 8.31. The smallest absolute Gasteiger partial charge is 0.166 e. The van der Waals surface area contributed by atoms with Crippen LogP contribution in [0.2, 0.25) is 0 Å². The maximum atomic E-state index is 6.40. The molecular weight excluding hydrogens is 414 g/mol. The molecule has 0 aliphatic carbocycles. The van der Waals surface area contributed by atoms with Gasteiger partial charge in [-0.1, -0.05) is 23.8 Å². The van der Waals surface area contributed by atoms with Crippen molar-refractivity contribution in [1.82, 2.24) is 19.7 Å². The van der Waals surface area contributed by atoms with E-state index in [9.17, 15) is 0 Å². The number of rotatable bonds is 2. The molecule has 0 fully saturated rings. The molecule has 7 nitrogen and oxygen atoms in total. The molecule has 1 aliphatic rings. The molecule has 0 saturated heterocycles. The van der Waals surface area contributed by atoms with Crippen LogP contribution in [0.1, 0.15) is 42.2 Å². The van der Waals surface area contributed by atoms with Gasteiger partial charge in [-0.2, -0.15) is 5.10 Å². The van der Waals surface area contributed by atoms with Crippen molar-refractivity contribution in [2.24, 2.45) is 0 Å². The van der Waals surface area contributed by atoms with Gasteiger partial charge >= 0.3 is 0 Å². The summed E-state index contributed by atoms with van der Waals surface area (Å²) < 4.78 is 14.2. The summed E-state index contributed by atoms with van der Waals surface area (Å²) in [7, 11) is 1.69. The predicted octanol–water partition coefficient (Wildman–Crippen LogP) is 4.97. The zero-order valence-electron chi connectivity index (χ0n) is 19.3. The molecule has 0 spiro atoms. The van der Waals surface area contributed by atoms with E-state index in [1.54, 1.807) is 19.5 Å². The van der Waals surface area contributed by atoms with Gasteiger partial charge in [0.15, 0.2) is 11.6 Å². The van der Waals surface area contributed by atoms with E-state index in [-0.39, 0.29) is 6.10 Å². The molecule has 5 rings (SSSR count). The molecule has 7 heteroatoms. The average molecular weight is 442 g/mol. The highest BCUT2D eigenvalue weighted by molar-refractivity contribution is 5.73. The number of hydrogen-bond acceptors (Lipinski definition) is 6. The molecule has 4 heterocycles. The summed E-state index contributed by atoms with van der Waals surface area (Å²) in [6.45, 7) is 6.90. The number of fused-ring (bicyclic) bond motifs is 7. The van der Waals surface area contributed by atoms with E-state index in [4.69, 9.17) is 20.2 Å². The Morgan fingerprint density at radius 1 is 1.18 bits per heavy atom. The first-order valence-corrected chi connectivity index (χ1v) is 11.1. The maximum absolute atomic E-state index is 6.40. The number of nitrogens with zero attached hydrogens (tertiary/aromatic N) is 4. The number of aryl methyl sites for hydroxylation is 2. The number of ether oxygens (including phenoxy) is 2. The monoisotopic (exact) mass is 441 g/mol. The number of nitrogen functional groups attached to an aromatic ring is 1. The molecule has 0 radical (unpaired) electrons. The van der Waals surface area contributed by atoms with Crippen molar-refractivity contribution in [3.05, 3.63) is 71.2 Å². The molecule has 2 bridgehead atoms. The summed E-state index contributed by atoms with van der Waals surface area (Å²) in [5.74, 6) is 1.71. The molecule has 1 aliphatic heterocycles. The molecule has 4 aromatic rings. The number of pyridine rings is 2. The zero-order chi connectivity index (χ0) is 23.1.